The number of ketones is 1. The lowest BCUT2D eigenvalue weighted by atomic mass is 9.74. The number of methoxy groups -OCH3 is 1. The molecule has 6 heteroatoms. The van der Waals surface area contributed by atoms with Crippen LogP contribution in [0.5, 0.6) is 0 Å². The molecule has 2 atom stereocenters. The molecule has 1 N–H and O–H groups in total. The minimum absolute atomic E-state index is 0.224. The number of hydrogen-bond acceptors (Lipinski definition) is 5. The Morgan fingerprint density at radius 1 is 1.10 bits per heavy atom. The van der Waals surface area contributed by atoms with Gasteiger partial charge in [-0.15, -0.1) is 0 Å². The molecule has 0 heterocycles. The number of nitrogens with one attached hydrogen (secondary N) is 1. The predicted molar refractivity (Wildman–Crippen MR) is 109 cm³/mol. The molecule has 0 spiro atoms. The summed E-state index contributed by atoms with van der Waals surface area (Å²) in [6.45, 7) is 5.28. The highest BCUT2D eigenvalue weighted by atomic mass is 16.6. The maximum Gasteiger partial charge on any atom is 0.408 e. The van der Waals surface area contributed by atoms with Crippen LogP contribution in [0, 0.1) is 5.41 Å². The second-order valence-electron chi connectivity index (χ2n) is 8.43. The van der Waals surface area contributed by atoms with Crippen molar-refractivity contribution in [3.8, 4) is 0 Å². The van der Waals surface area contributed by atoms with Crippen molar-refractivity contribution in [3.63, 3.8) is 0 Å². The third kappa shape index (κ3) is 4.11. The highest BCUT2D eigenvalue weighted by molar-refractivity contribution is 6.06. The quantitative estimate of drug-likeness (QED) is 0.614. The maximum absolute atomic E-state index is 12.9. The largest absolute Gasteiger partial charge is 0.468 e. The molecular formula is C23H27NO5. The Balaban J connectivity index is 2.10. The molecule has 1 aliphatic carbocycles. The number of carbonyl (C=O) groups excluding carboxylic acids is 3. The van der Waals surface area contributed by atoms with Crippen LogP contribution in [0.25, 0.3) is 10.8 Å². The van der Waals surface area contributed by atoms with Crippen LogP contribution in [-0.2, 0) is 19.1 Å². The van der Waals surface area contributed by atoms with Gasteiger partial charge in [0.1, 0.15) is 5.60 Å². The van der Waals surface area contributed by atoms with Gasteiger partial charge in [-0.25, -0.2) is 4.79 Å². The fourth-order valence-electron chi connectivity index (χ4n) is 4.02. The Bertz CT molecular complexity index is 946. The monoisotopic (exact) mass is 397 g/mol. The van der Waals surface area contributed by atoms with Crippen molar-refractivity contribution in [2.75, 3.05) is 7.11 Å². The zero-order valence-corrected chi connectivity index (χ0v) is 17.3. The fourth-order valence-corrected chi connectivity index (χ4v) is 4.02. The average molecular weight is 397 g/mol. The van der Waals surface area contributed by atoms with Gasteiger partial charge < -0.3 is 14.8 Å². The molecule has 1 saturated carbocycles. The van der Waals surface area contributed by atoms with E-state index in [1.54, 1.807) is 20.8 Å². The Labute approximate surface area is 170 Å². The number of Topliss-reactive ketones (excluding diaryl/α,β-unsaturated/α-hetero) is 1. The molecule has 0 radical (unpaired) electrons. The topological polar surface area (TPSA) is 81.7 Å². The van der Waals surface area contributed by atoms with E-state index in [9.17, 15) is 14.4 Å². The van der Waals surface area contributed by atoms with Gasteiger partial charge in [-0.1, -0.05) is 36.4 Å². The van der Waals surface area contributed by atoms with Crippen molar-refractivity contribution in [2.24, 2.45) is 5.41 Å². The number of amides is 1. The molecule has 29 heavy (non-hydrogen) atoms. The maximum atomic E-state index is 12.9. The van der Waals surface area contributed by atoms with Gasteiger partial charge in [-0.3, -0.25) is 9.59 Å². The van der Waals surface area contributed by atoms with E-state index < -0.39 is 29.1 Å². The lowest BCUT2D eigenvalue weighted by Gasteiger charge is -2.35. The van der Waals surface area contributed by atoms with E-state index in [0.29, 0.717) is 18.4 Å². The first kappa shape index (κ1) is 20.8. The van der Waals surface area contributed by atoms with Gasteiger partial charge in [0.15, 0.2) is 11.2 Å². The van der Waals surface area contributed by atoms with Crippen LogP contribution >= 0.6 is 0 Å². The fraction of sp³-hybridized carbons (Fsp3) is 0.435. The summed E-state index contributed by atoms with van der Waals surface area (Å²) in [7, 11) is 1.26. The minimum atomic E-state index is -1.46. The zero-order chi connectivity index (χ0) is 21.2. The number of alkyl carbamates (subject to hydrolysis) is 1. The standard InChI is InChI=1S/C23H27NO5/c1-22(2,3)29-21(27)24-19(23(20(26)28-4)13-7-10-18(23)25)17-12-11-15-8-5-6-9-16(15)14-17/h5-6,8-9,11-12,14,19H,7,10,13H2,1-4H3,(H,24,27)/t19-,23-/m0/s1. The van der Waals surface area contributed by atoms with E-state index in [0.717, 1.165) is 10.8 Å². The highest BCUT2D eigenvalue weighted by Crippen LogP contribution is 2.46. The number of hydrogen-bond donors (Lipinski definition) is 1. The van der Waals surface area contributed by atoms with Crippen LogP contribution in [0.1, 0.15) is 51.6 Å². The van der Waals surface area contributed by atoms with E-state index in [2.05, 4.69) is 5.32 Å². The Hall–Kier alpha value is -2.89. The summed E-state index contributed by atoms with van der Waals surface area (Å²) in [4.78, 5) is 38.4. The van der Waals surface area contributed by atoms with Crippen molar-refractivity contribution >= 4 is 28.6 Å². The van der Waals surface area contributed by atoms with Crippen molar-refractivity contribution < 1.29 is 23.9 Å². The molecule has 2 aromatic rings. The summed E-state index contributed by atoms with van der Waals surface area (Å²) in [5.74, 6) is -0.854. The molecule has 0 unspecified atom stereocenters. The molecule has 1 fully saturated rings. The third-order valence-electron chi connectivity index (χ3n) is 5.28. The third-order valence-corrected chi connectivity index (χ3v) is 5.28. The number of rotatable bonds is 4. The molecule has 0 aromatic heterocycles. The van der Waals surface area contributed by atoms with Crippen LogP contribution in [0.4, 0.5) is 4.79 Å². The summed E-state index contributed by atoms with van der Waals surface area (Å²) in [5, 5.41) is 4.78. The van der Waals surface area contributed by atoms with E-state index >= 15 is 0 Å². The Morgan fingerprint density at radius 2 is 1.79 bits per heavy atom. The van der Waals surface area contributed by atoms with Gasteiger partial charge in [0.05, 0.1) is 13.2 Å². The van der Waals surface area contributed by atoms with Gasteiger partial charge in [0.25, 0.3) is 0 Å². The van der Waals surface area contributed by atoms with E-state index in [1.807, 2.05) is 42.5 Å². The normalized spacial score (nSPS) is 20.3. The Morgan fingerprint density at radius 3 is 2.38 bits per heavy atom. The smallest absolute Gasteiger partial charge is 0.408 e. The van der Waals surface area contributed by atoms with Gasteiger partial charge in [-0.05, 0) is 56.0 Å². The van der Waals surface area contributed by atoms with Crippen molar-refractivity contribution in [1.29, 1.82) is 0 Å². The molecule has 1 aliphatic rings. The van der Waals surface area contributed by atoms with Crippen molar-refractivity contribution in [2.45, 2.75) is 51.7 Å². The summed E-state index contributed by atoms with van der Waals surface area (Å²) in [6, 6.07) is 12.5. The predicted octanol–water partition coefficient (Wildman–Crippen LogP) is 4.32. The highest BCUT2D eigenvalue weighted by Gasteiger charge is 2.56. The SMILES string of the molecule is COC(=O)[C@@]1([C@@H](NC(=O)OC(C)(C)C)c2ccc3ccccc3c2)CCCC1=O. The number of fused-ring (bicyclic) bond motifs is 1. The molecule has 6 nitrogen and oxygen atoms in total. The second-order valence-corrected chi connectivity index (χ2v) is 8.43. The summed E-state index contributed by atoms with van der Waals surface area (Å²) >= 11 is 0. The van der Waals surface area contributed by atoms with Crippen LogP contribution < -0.4 is 5.32 Å². The molecule has 0 bridgehead atoms. The number of benzene rings is 2. The van der Waals surface area contributed by atoms with Crippen LogP contribution in [-0.4, -0.2) is 30.6 Å². The van der Waals surface area contributed by atoms with E-state index in [-0.39, 0.29) is 12.2 Å². The number of ether oxygens (including phenoxy) is 2. The first-order valence-electron chi connectivity index (χ1n) is 9.77. The average Bonchev–Trinajstić information content (AvgIpc) is 3.05. The van der Waals surface area contributed by atoms with E-state index in [1.165, 1.54) is 7.11 Å². The first-order valence-corrected chi connectivity index (χ1v) is 9.77. The molecule has 2 aromatic carbocycles. The summed E-state index contributed by atoms with van der Waals surface area (Å²) < 4.78 is 10.4. The number of carbonyl (C=O) groups is 3. The molecule has 3 rings (SSSR count). The van der Waals surface area contributed by atoms with Gasteiger partial charge in [-0.2, -0.15) is 0 Å². The van der Waals surface area contributed by atoms with Gasteiger partial charge in [0, 0.05) is 6.42 Å². The molecule has 0 saturated heterocycles. The lowest BCUT2D eigenvalue weighted by Crippen LogP contribution is -2.50. The van der Waals surface area contributed by atoms with Crippen molar-refractivity contribution in [1.82, 2.24) is 5.32 Å². The molecule has 0 aliphatic heterocycles. The van der Waals surface area contributed by atoms with Crippen LogP contribution in [0.15, 0.2) is 42.5 Å². The number of esters is 1. The van der Waals surface area contributed by atoms with Crippen molar-refractivity contribution in [3.05, 3.63) is 48.0 Å². The second kappa shape index (κ2) is 7.85. The zero-order valence-electron chi connectivity index (χ0n) is 17.3. The molecular weight excluding hydrogens is 370 g/mol. The van der Waals surface area contributed by atoms with Crippen LogP contribution in [0.2, 0.25) is 0 Å². The summed E-state index contributed by atoms with van der Waals surface area (Å²) in [6.07, 6.45) is 0.466. The molecule has 154 valence electrons. The van der Waals surface area contributed by atoms with Gasteiger partial charge in [0.2, 0.25) is 0 Å². The molecule has 1 amide bonds. The van der Waals surface area contributed by atoms with Gasteiger partial charge >= 0.3 is 12.1 Å². The summed E-state index contributed by atoms with van der Waals surface area (Å²) in [5.41, 5.74) is -1.51. The lowest BCUT2D eigenvalue weighted by molar-refractivity contribution is -0.158. The minimum Gasteiger partial charge on any atom is -0.468 e. The van der Waals surface area contributed by atoms with E-state index in [4.69, 9.17) is 9.47 Å². The Kier molecular flexibility index (Phi) is 5.64. The van der Waals surface area contributed by atoms with Crippen LogP contribution in [0.3, 0.4) is 0 Å². The first-order chi connectivity index (χ1) is 13.7.